The van der Waals surface area contributed by atoms with Crippen LogP contribution in [0.2, 0.25) is 0 Å². The number of hydrogen-bond acceptors (Lipinski definition) is 4. The van der Waals surface area contributed by atoms with Gasteiger partial charge in [-0.2, -0.15) is 11.3 Å². The number of nitrogens with zero attached hydrogens (tertiary/aromatic N) is 1. The first-order valence-corrected chi connectivity index (χ1v) is 6.88. The van der Waals surface area contributed by atoms with Gasteiger partial charge < -0.3 is 8.57 Å². The van der Waals surface area contributed by atoms with Gasteiger partial charge in [0.25, 0.3) is 0 Å². The second-order valence-corrected chi connectivity index (χ2v) is 6.04. The lowest BCUT2D eigenvalue weighted by molar-refractivity contribution is -0.117. The normalized spacial score (nSPS) is 13.2. The minimum Gasteiger partial charge on any atom is -0.439 e. The Morgan fingerprint density at radius 1 is 1.62 bits per heavy atom. The fourth-order valence-corrected chi connectivity index (χ4v) is 2.62. The van der Waals surface area contributed by atoms with Crippen LogP contribution in [0.25, 0.3) is 0 Å². The molecule has 1 aromatic rings. The third-order valence-corrected chi connectivity index (χ3v) is 4.08. The molecule has 6 heteroatoms. The van der Waals surface area contributed by atoms with Gasteiger partial charge in [-0.1, -0.05) is 13.8 Å². The van der Waals surface area contributed by atoms with Crippen molar-refractivity contribution >= 4 is 27.8 Å². The standard InChI is InChI=1S/C10H13FNO2S2/c1-7(2)3-4-9(13)12-16(14)10-5-8(11)6-15-10/h5-7H,3-4H2,1-2H3/q-1. The van der Waals surface area contributed by atoms with Crippen LogP contribution in [0.15, 0.2) is 20.0 Å². The van der Waals surface area contributed by atoms with Crippen LogP contribution >= 0.6 is 11.3 Å². The Hall–Kier alpha value is -0.750. The molecule has 1 heterocycles. The second kappa shape index (κ2) is 6.10. The zero-order valence-electron chi connectivity index (χ0n) is 9.10. The number of amides is 1. The molecule has 0 bridgehead atoms. The topological polar surface area (TPSA) is 46.5 Å². The van der Waals surface area contributed by atoms with E-state index >= 15 is 0 Å². The fraction of sp³-hybridized carbons (Fsp3) is 0.500. The minimum absolute atomic E-state index is 0.274. The maximum absolute atomic E-state index is 12.6. The molecule has 0 atom stereocenters. The van der Waals surface area contributed by atoms with Crippen LogP contribution in [-0.2, 0) is 19.6 Å². The second-order valence-electron chi connectivity index (χ2n) is 3.75. The van der Waals surface area contributed by atoms with Gasteiger partial charge in [-0.05, 0) is 22.6 Å². The van der Waals surface area contributed by atoms with E-state index in [1.54, 1.807) is 0 Å². The van der Waals surface area contributed by atoms with Gasteiger partial charge in [0.2, 0.25) is 5.91 Å². The van der Waals surface area contributed by atoms with E-state index in [2.05, 4.69) is 4.36 Å². The first-order valence-electron chi connectivity index (χ1n) is 4.89. The highest BCUT2D eigenvalue weighted by Gasteiger charge is 1.99. The molecule has 0 fully saturated rings. The van der Waals surface area contributed by atoms with Crippen LogP contribution in [0.4, 0.5) is 4.39 Å². The van der Waals surface area contributed by atoms with Crippen molar-refractivity contribution in [2.24, 2.45) is 10.3 Å². The number of carbonyl (C=O) groups is 1. The molecule has 3 nitrogen and oxygen atoms in total. The zero-order valence-corrected chi connectivity index (χ0v) is 10.7. The van der Waals surface area contributed by atoms with Crippen molar-refractivity contribution in [2.45, 2.75) is 30.9 Å². The highest BCUT2D eigenvalue weighted by molar-refractivity contribution is 7.77. The summed E-state index contributed by atoms with van der Waals surface area (Å²) >= 11 is 1.00. The molecular formula is C10H13FNO2S2-. The van der Waals surface area contributed by atoms with Crippen LogP contribution in [0.1, 0.15) is 26.7 Å². The van der Waals surface area contributed by atoms with Gasteiger partial charge in [0.1, 0.15) is 5.82 Å². The number of rotatable bonds is 4. The minimum atomic E-state index is -1.75. The first kappa shape index (κ1) is 13.3. The number of carbonyl (C=O) groups excluding carboxylic acids is 1. The quantitative estimate of drug-likeness (QED) is 0.781. The van der Waals surface area contributed by atoms with Crippen molar-refractivity contribution in [1.29, 1.82) is 0 Å². The van der Waals surface area contributed by atoms with Crippen molar-refractivity contribution in [2.75, 3.05) is 0 Å². The average molecular weight is 262 g/mol. The van der Waals surface area contributed by atoms with Crippen LogP contribution in [0, 0.1) is 11.7 Å². The molecule has 0 aliphatic heterocycles. The van der Waals surface area contributed by atoms with E-state index in [0.717, 1.165) is 23.8 Å². The van der Waals surface area contributed by atoms with Gasteiger partial charge in [0.15, 0.2) is 0 Å². The molecule has 16 heavy (non-hydrogen) atoms. The molecule has 1 amide bonds. The van der Waals surface area contributed by atoms with E-state index in [9.17, 15) is 13.4 Å². The van der Waals surface area contributed by atoms with E-state index in [-0.39, 0.29) is 16.5 Å². The summed E-state index contributed by atoms with van der Waals surface area (Å²) in [5.41, 5.74) is 0. The number of hydrogen-bond donors (Lipinski definition) is 0. The lowest BCUT2D eigenvalue weighted by atomic mass is 10.1. The molecule has 0 N–H and O–H groups in total. The maximum atomic E-state index is 12.6. The van der Waals surface area contributed by atoms with Crippen molar-refractivity contribution in [3.63, 3.8) is 0 Å². The Balaban J connectivity index is 2.63. The molecule has 0 saturated carbocycles. The predicted octanol–water partition coefficient (Wildman–Crippen LogP) is 3.36. The molecule has 0 aliphatic rings. The highest BCUT2D eigenvalue weighted by atomic mass is 32.2. The van der Waals surface area contributed by atoms with Gasteiger partial charge in [0.05, 0.1) is 0 Å². The maximum Gasteiger partial charge on any atom is 0.222 e. The Labute approximate surface area is 99.9 Å². The SMILES string of the molecule is CC(C)CCC(=O)N=[S-](=O)c1cc(F)cs1. The van der Waals surface area contributed by atoms with E-state index in [4.69, 9.17) is 0 Å². The van der Waals surface area contributed by atoms with E-state index in [1.165, 1.54) is 5.38 Å². The molecule has 0 aromatic carbocycles. The average Bonchev–Trinajstić information content (AvgIpc) is 2.62. The molecule has 0 unspecified atom stereocenters. The lowest BCUT2D eigenvalue weighted by Crippen LogP contribution is -1.97. The van der Waals surface area contributed by atoms with Crippen molar-refractivity contribution in [1.82, 2.24) is 0 Å². The smallest absolute Gasteiger partial charge is 0.222 e. The van der Waals surface area contributed by atoms with Crippen molar-refractivity contribution in [3.8, 4) is 0 Å². The number of halogens is 1. The molecule has 0 radical (unpaired) electrons. The fourth-order valence-electron chi connectivity index (χ4n) is 0.982. The third kappa shape index (κ3) is 4.40. The zero-order chi connectivity index (χ0) is 12.1. The Kier molecular flexibility index (Phi) is 5.08. The van der Waals surface area contributed by atoms with Gasteiger partial charge in [0, 0.05) is 11.8 Å². The van der Waals surface area contributed by atoms with E-state index in [1.807, 2.05) is 13.8 Å². The van der Waals surface area contributed by atoms with E-state index < -0.39 is 16.4 Å². The van der Waals surface area contributed by atoms with Crippen LogP contribution in [-0.4, -0.2) is 5.91 Å². The molecule has 0 saturated heterocycles. The monoisotopic (exact) mass is 262 g/mol. The highest BCUT2D eigenvalue weighted by Crippen LogP contribution is 2.15. The number of thiophene rings is 1. The predicted molar refractivity (Wildman–Crippen MR) is 62.1 cm³/mol. The molecule has 1 aromatic heterocycles. The Morgan fingerprint density at radius 2 is 2.31 bits per heavy atom. The molecule has 0 aliphatic carbocycles. The first-order chi connectivity index (χ1) is 7.49. The van der Waals surface area contributed by atoms with Gasteiger partial charge in [-0.15, -0.1) is 10.6 Å². The van der Waals surface area contributed by atoms with Crippen LogP contribution < -0.4 is 0 Å². The molecule has 0 spiro atoms. The third-order valence-electron chi connectivity index (χ3n) is 1.84. The summed E-state index contributed by atoms with van der Waals surface area (Å²) in [6, 6.07) is 1.14. The summed E-state index contributed by atoms with van der Waals surface area (Å²) in [7, 11) is -1.75. The summed E-state index contributed by atoms with van der Waals surface area (Å²) in [4.78, 5) is 11.3. The van der Waals surface area contributed by atoms with Crippen molar-refractivity contribution < 1.29 is 13.4 Å². The molecular weight excluding hydrogens is 249 g/mol. The van der Waals surface area contributed by atoms with Crippen molar-refractivity contribution in [3.05, 3.63) is 17.3 Å². The summed E-state index contributed by atoms with van der Waals surface area (Å²) in [6.45, 7) is 4.00. The molecule has 1 rings (SSSR count). The van der Waals surface area contributed by atoms with Gasteiger partial charge >= 0.3 is 0 Å². The summed E-state index contributed by atoms with van der Waals surface area (Å²) < 4.78 is 27.9. The van der Waals surface area contributed by atoms with Gasteiger partial charge in [-0.3, -0.25) is 4.79 Å². The summed E-state index contributed by atoms with van der Waals surface area (Å²) in [6.07, 6.45) is 1.01. The summed E-state index contributed by atoms with van der Waals surface area (Å²) in [5, 5.41) is 1.24. The van der Waals surface area contributed by atoms with Gasteiger partial charge in [-0.25, -0.2) is 4.39 Å². The van der Waals surface area contributed by atoms with E-state index in [0.29, 0.717) is 5.92 Å². The summed E-state index contributed by atoms with van der Waals surface area (Å²) in [5.74, 6) is -0.425. The van der Waals surface area contributed by atoms with Crippen LogP contribution in [0.5, 0.6) is 0 Å². The molecule has 90 valence electrons. The Morgan fingerprint density at radius 3 is 2.81 bits per heavy atom. The largest absolute Gasteiger partial charge is 0.439 e. The Bertz CT molecular complexity index is 447. The van der Waals surface area contributed by atoms with Crippen LogP contribution in [0.3, 0.4) is 0 Å². The lowest BCUT2D eigenvalue weighted by Gasteiger charge is -2.03.